The molecular formula is C16H19N5O4. The predicted molar refractivity (Wildman–Crippen MR) is 90.2 cm³/mol. The second-order valence-electron chi connectivity index (χ2n) is 5.50. The van der Waals surface area contributed by atoms with Crippen molar-refractivity contribution < 1.29 is 19.5 Å². The highest BCUT2D eigenvalue weighted by Gasteiger charge is 2.09. The first-order valence-corrected chi connectivity index (χ1v) is 7.46. The lowest BCUT2D eigenvalue weighted by Gasteiger charge is -2.09. The molecule has 0 saturated heterocycles. The fraction of sp³-hybridized carbons (Fsp3) is 0.250. The van der Waals surface area contributed by atoms with E-state index in [0.717, 1.165) is 5.56 Å². The van der Waals surface area contributed by atoms with Crippen LogP contribution in [0, 0.1) is 0 Å². The van der Waals surface area contributed by atoms with Crippen molar-refractivity contribution in [2.45, 2.75) is 13.1 Å². The number of likely N-dealkylation sites (N-methyl/N-ethyl adjacent to an activating group) is 1. The minimum atomic E-state index is -0.999. The largest absolute Gasteiger partial charge is 0.478 e. The normalized spacial score (nSPS) is 10.2. The number of carbonyl (C=O) groups is 3. The Labute approximate surface area is 144 Å². The van der Waals surface area contributed by atoms with Gasteiger partial charge in [-0.05, 0) is 17.7 Å². The number of urea groups is 1. The Morgan fingerprint density at radius 3 is 2.44 bits per heavy atom. The summed E-state index contributed by atoms with van der Waals surface area (Å²) in [5.41, 5.74) is 0.952. The van der Waals surface area contributed by atoms with E-state index in [0.29, 0.717) is 5.82 Å². The van der Waals surface area contributed by atoms with Crippen LogP contribution in [0.4, 0.5) is 10.6 Å². The molecule has 25 heavy (non-hydrogen) atoms. The first-order valence-electron chi connectivity index (χ1n) is 7.46. The number of nitrogens with zero attached hydrogens (tertiary/aromatic N) is 3. The number of rotatable bonds is 6. The van der Waals surface area contributed by atoms with Crippen LogP contribution in [0.1, 0.15) is 15.9 Å². The molecule has 0 unspecified atom stereocenters. The zero-order valence-electron chi connectivity index (χ0n) is 13.9. The summed E-state index contributed by atoms with van der Waals surface area (Å²) in [6.45, 7) is 0.331. The van der Waals surface area contributed by atoms with Crippen LogP contribution in [-0.4, -0.2) is 51.8 Å². The number of carboxylic acid groups (broad SMARTS) is 1. The van der Waals surface area contributed by atoms with Crippen molar-refractivity contribution in [3.05, 3.63) is 47.7 Å². The highest BCUT2D eigenvalue weighted by molar-refractivity contribution is 5.88. The Hall–Kier alpha value is -3.36. The van der Waals surface area contributed by atoms with Gasteiger partial charge >= 0.3 is 12.0 Å². The third kappa shape index (κ3) is 5.34. The van der Waals surface area contributed by atoms with Crippen molar-refractivity contribution >= 4 is 23.7 Å². The molecule has 1 aromatic heterocycles. The van der Waals surface area contributed by atoms with Crippen LogP contribution in [0.3, 0.4) is 0 Å². The molecule has 0 aliphatic rings. The van der Waals surface area contributed by atoms with Crippen molar-refractivity contribution in [1.82, 2.24) is 20.0 Å². The first kappa shape index (κ1) is 18.0. The number of aromatic carboxylic acids is 1. The van der Waals surface area contributed by atoms with Crippen molar-refractivity contribution in [2.24, 2.45) is 0 Å². The van der Waals surface area contributed by atoms with Gasteiger partial charge in [0.15, 0.2) is 5.82 Å². The molecule has 3 amide bonds. The molecule has 9 nitrogen and oxygen atoms in total. The van der Waals surface area contributed by atoms with E-state index in [1.807, 2.05) is 0 Å². The number of benzene rings is 1. The van der Waals surface area contributed by atoms with Crippen LogP contribution < -0.4 is 10.6 Å². The molecular weight excluding hydrogens is 326 g/mol. The zero-order chi connectivity index (χ0) is 18.4. The molecule has 3 N–H and O–H groups in total. The van der Waals surface area contributed by atoms with Crippen LogP contribution >= 0.6 is 0 Å². The fourth-order valence-electron chi connectivity index (χ4n) is 1.90. The van der Waals surface area contributed by atoms with Gasteiger partial charge in [0.05, 0.1) is 5.56 Å². The van der Waals surface area contributed by atoms with E-state index in [4.69, 9.17) is 5.11 Å². The zero-order valence-corrected chi connectivity index (χ0v) is 13.9. The van der Waals surface area contributed by atoms with E-state index in [2.05, 4.69) is 15.7 Å². The van der Waals surface area contributed by atoms with Crippen molar-refractivity contribution in [1.29, 1.82) is 0 Å². The Morgan fingerprint density at radius 2 is 1.84 bits per heavy atom. The van der Waals surface area contributed by atoms with Gasteiger partial charge in [0, 0.05) is 32.9 Å². The van der Waals surface area contributed by atoms with Crippen LogP contribution in [0.15, 0.2) is 36.5 Å². The number of aromatic nitrogens is 2. The lowest BCUT2D eigenvalue weighted by Crippen LogP contribution is -2.29. The molecule has 0 aliphatic heterocycles. The fourth-order valence-corrected chi connectivity index (χ4v) is 1.90. The molecule has 0 bridgehead atoms. The molecule has 2 rings (SSSR count). The van der Waals surface area contributed by atoms with E-state index < -0.39 is 12.0 Å². The number of amides is 3. The lowest BCUT2D eigenvalue weighted by molar-refractivity contribution is -0.129. The van der Waals surface area contributed by atoms with Gasteiger partial charge in [-0.2, -0.15) is 5.10 Å². The second-order valence-corrected chi connectivity index (χ2v) is 5.50. The molecule has 1 aromatic carbocycles. The molecule has 0 atom stereocenters. The molecule has 9 heteroatoms. The second kappa shape index (κ2) is 7.95. The maximum absolute atomic E-state index is 11.9. The maximum Gasteiger partial charge on any atom is 0.335 e. The smallest absolute Gasteiger partial charge is 0.335 e. The number of carbonyl (C=O) groups excluding carboxylic acids is 2. The molecule has 0 aliphatic carbocycles. The van der Waals surface area contributed by atoms with Crippen molar-refractivity contribution in [3.63, 3.8) is 0 Å². The summed E-state index contributed by atoms with van der Waals surface area (Å²) in [5.74, 6) is -0.783. The van der Waals surface area contributed by atoms with Gasteiger partial charge in [-0.15, -0.1) is 0 Å². The van der Waals surface area contributed by atoms with Crippen molar-refractivity contribution in [2.75, 3.05) is 19.4 Å². The molecule has 132 valence electrons. The number of carboxylic acids is 1. The summed E-state index contributed by atoms with van der Waals surface area (Å²) in [5, 5.41) is 18.1. The van der Waals surface area contributed by atoms with Gasteiger partial charge in [0.1, 0.15) is 6.54 Å². The molecule has 0 spiro atoms. The van der Waals surface area contributed by atoms with Gasteiger partial charge in [0.25, 0.3) is 0 Å². The Bertz CT molecular complexity index is 767. The standard InChI is InChI=1S/C16H19N5O4/c1-20(2)14(22)10-21-8-7-13(19-21)18-16(25)17-9-11-3-5-12(6-4-11)15(23)24/h3-8H,9-10H2,1-2H3,(H,23,24)(H2,17,18,19,25). The van der Waals surface area contributed by atoms with Crippen LogP contribution in [-0.2, 0) is 17.9 Å². The number of hydrogen-bond acceptors (Lipinski definition) is 4. The van der Waals surface area contributed by atoms with Gasteiger partial charge < -0.3 is 15.3 Å². The number of hydrogen-bond donors (Lipinski definition) is 3. The van der Waals surface area contributed by atoms with E-state index >= 15 is 0 Å². The van der Waals surface area contributed by atoms with E-state index in [-0.39, 0.29) is 24.6 Å². The minimum Gasteiger partial charge on any atom is -0.478 e. The summed E-state index contributed by atoms with van der Waals surface area (Å²) in [6.07, 6.45) is 1.60. The summed E-state index contributed by atoms with van der Waals surface area (Å²) in [7, 11) is 3.31. The highest BCUT2D eigenvalue weighted by Crippen LogP contribution is 2.05. The Balaban J connectivity index is 1.83. The number of anilines is 1. The number of nitrogens with one attached hydrogen (secondary N) is 2. The minimum absolute atomic E-state index is 0.0895. The van der Waals surface area contributed by atoms with Gasteiger partial charge in [-0.3, -0.25) is 14.8 Å². The van der Waals surface area contributed by atoms with E-state index in [9.17, 15) is 14.4 Å². The first-order chi connectivity index (χ1) is 11.8. The van der Waals surface area contributed by atoms with Crippen molar-refractivity contribution in [3.8, 4) is 0 Å². The third-order valence-corrected chi connectivity index (χ3v) is 3.33. The average molecular weight is 345 g/mol. The predicted octanol–water partition coefficient (Wildman–Crippen LogP) is 0.991. The Morgan fingerprint density at radius 1 is 1.16 bits per heavy atom. The highest BCUT2D eigenvalue weighted by atomic mass is 16.4. The molecule has 2 aromatic rings. The van der Waals surface area contributed by atoms with Gasteiger partial charge in [-0.1, -0.05) is 12.1 Å². The van der Waals surface area contributed by atoms with Crippen LogP contribution in [0.5, 0.6) is 0 Å². The van der Waals surface area contributed by atoms with Crippen LogP contribution in [0.25, 0.3) is 0 Å². The Kier molecular flexibility index (Phi) is 5.72. The molecule has 1 heterocycles. The third-order valence-electron chi connectivity index (χ3n) is 3.33. The quantitative estimate of drug-likeness (QED) is 0.722. The molecule has 0 radical (unpaired) electrons. The summed E-state index contributed by atoms with van der Waals surface area (Å²) in [6, 6.07) is 7.34. The topological polar surface area (TPSA) is 117 Å². The molecule has 0 fully saturated rings. The SMILES string of the molecule is CN(C)C(=O)Cn1ccc(NC(=O)NCc2ccc(C(=O)O)cc2)n1. The summed E-state index contributed by atoms with van der Waals surface area (Å²) in [4.78, 5) is 35.7. The lowest BCUT2D eigenvalue weighted by atomic mass is 10.1. The van der Waals surface area contributed by atoms with Gasteiger partial charge in [0.2, 0.25) is 5.91 Å². The van der Waals surface area contributed by atoms with E-state index in [1.165, 1.54) is 21.7 Å². The summed E-state index contributed by atoms with van der Waals surface area (Å²) < 4.78 is 1.43. The van der Waals surface area contributed by atoms with Gasteiger partial charge in [-0.25, -0.2) is 9.59 Å². The average Bonchev–Trinajstić information content (AvgIpc) is 3.00. The maximum atomic E-state index is 11.9. The van der Waals surface area contributed by atoms with E-state index in [1.54, 1.807) is 38.5 Å². The monoisotopic (exact) mass is 345 g/mol. The molecule has 0 saturated carbocycles. The summed E-state index contributed by atoms with van der Waals surface area (Å²) >= 11 is 0. The van der Waals surface area contributed by atoms with Crippen LogP contribution in [0.2, 0.25) is 0 Å².